The molecule has 0 atom stereocenters. The lowest BCUT2D eigenvalue weighted by Gasteiger charge is -2.06. The quantitative estimate of drug-likeness (QED) is 0.757. The van der Waals surface area contributed by atoms with Gasteiger partial charge in [0.25, 0.3) is 0 Å². The highest BCUT2D eigenvalue weighted by Gasteiger charge is 1.98. The van der Waals surface area contributed by atoms with Gasteiger partial charge < -0.3 is 15.0 Å². The Morgan fingerprint density at radius 2 is 2.06 bits per heavy atom. The van der Waals surface area contributed by atoms with Crippen LogP contribution < -0.4 is 10.5 Å². The Balaban J connectivity index is 1.68. The Labute approximate surface area is 107 Å². The van der Waals surface area contributed by atoms with Gasteiger partial charge in [0.2, 0.25) is 0 Å². The van der Waals surface area contributed by atoms with Crippen LogP contribution in [0, 0.1) is 0 Å². The number of aryl methyl sites for hydroxylation is 1. The van der Waals surface area contributed by atoms with E-state index in [1.807, 2.05) is 36.7 Å². The van der Waals surface area contributed by atoms with E-state index in [0.29, 0.717) is 13.2 Å². The smallest absolute Gasteiger partial charge is 0.119 e. The summed E-state index contributed by atoms with van der Waals surface area (Å²) in [5, 5.41) is 0. The molecule has 4 nitrogen and oxygen atoms in total. The van der Waals surface area contributed by atoms with Gasteiger partial charge in [0.05, 0.1) is 18.6 Å². The van der Waals surface area contributed by atoms with Gasteiger partial charge in [0.1, 0.15) is 5.75 Å². The third-order valence-corrected chi connectivity index (χ3v) is 2.66. The molecule has 0 amide bonds. The van der Waals surface area contributed by atoms with Crippen molar-refractivity contribution in [2.75, 3.05) is 13.2 Å². The zero-order chi connectivity index (χ0) is 12.6. The van der Waals surface area contributed by atoms with E-state index in [1.54, 1.807) is 0 Å². The summed E-state index contributed by atoms with van der Waals surface area (Å²) >= 11 is 0. The molecule has 0 saturated heterocycles. The fraction of sp³-hybridized carbons (Fsp3) is 0.357. The molecule has 0 aliphatic heterocycles. The number of imidazole rings is 1. The average molecular weight is 245 g/mol. The van der Waals surface area contributed by atoms with E-state index >= 15 is 0 Å². The molecule has 1 aromatic carbocycles. The lowest BCUT2D eigenvalue weighted by Crippen LogP contribution is -2.04. The standard InChI is InChI=1S/C14H19N3O/c15-8-7-13-11-17(12-16-13)9-4-10-18-14-5-2-1-3-6-14/h1-3,5-6,11-12H,4,7-10,15H2. The van der Waals surface area contributed by atoms with Crippen molar-refractivity contribution in [2.24, 2.45) is 5.73 Å². The van der Waals surface area contributed by atoms with Crippen molar-refractivity contribution in [3.8, 4) is 5.75 Å². The maximum atomic E-state index is 5.63. The average Bonchev–Trinajstić information content (AvgIpc) is 2.84. The minimum absolute atomic E-state index is 0.647. The highest BCUT2D eigenvalue weighted by molar-refractivity contribution is 5.20. The monoisotopic (exact) mass is 245 g/mol. The number of ether oxygens (including phenoxy) is 1. The highest BCUT2D eigenvalue weighted by atomic mass is 16.5. The van der Waals surface area contributed by atoms with Crippen molar-refractivity contribution >= 4 is 0 Å². The minimum atomic E-state index is 0.647. The van der Waals surface area contributed by atoms with Gasteiger partial charge in [-0.1, -0.05) is 18.2 Å². The van der Waals surface area contributed by atoms with Crippen LogP contribution in [0.3, 0.4) is 0 Å². The summed E-state index contributed by atoms with van der Waals surface area (Å²) in [4.78, 5) is 4.28. The molecule has 0 fully saturated rings. The number of nitrogens with two attached hydrogens (primary N) is 1. The molecule has 0 bridgehead atoms. The Bertz CT molecular complexity index is 453. The van der Waals surface area contributed by atoms with E-state index in [0.717, 1.165) is 30.8 Å². The highest BCUT2D eigenvalue weighted by Crippen LogP contribution is 2.08. The summed E-state index contributed by atoms with van der Waals surface area (Å²) in [6, 6.07) is 9.87. The number of hydrogen-bond acceptors (Lipinski definition) is 3. The Kier molecular flexibility index (Phi) is 4.78. The lowest BCUT2D eigenvalue weighted by molar-refractivity contribution is 0.302. The molecule has 2 aromatic rings. The number of benzene rings is 1. The van der Waals surface area contributed by atoms with Crippen molar-refractivity contribution in [3.63, 3.8) is 0 Å². The van der Waals surface area contributed by atoms with Crippen LogP contribution in [0.5, 0.6) is 5.75 Å². The van der Waals surface area contributed by atoms with Crippen LogP contribution in [0.25, 0.3) is 0 Å². The molecule has 0 unspecified atom stereocenters. The van der Waals surface area contributed by atoms with Gasteiger partial charge in [0.15, 0.2) is 0 Å². The number of para-hydroxylation sites is 1. The largest absolute Gasteiger partial charge is 0.494 e. The van der Waals surface area contributed by atoms with Gasteiger partial charge in [0, 0.05) is 19.2 Å². The second kappa shape index (κ2) is 6.81. The zero-order valence-electron chi connectivity index (χ0n) is 10.5. The van der Waals surface area contributed by atoms with Crippen LogP contribution in [-0.4, -0.2) is 22.7 Å². The molecule has 0 aliphatic carbocycles. The predicted molar refractivity (Wildman–Crippen MR) is 71.5 cm³/mol. The van der Waals surface area contributed by atoms with Crippen LogP contribution in [0.1, 0.15) is 12.1 Å². The zero-order valence-corrected chi connectivity index (χ0v) is 10.5. The molecular weight excluding hydrogens is 226 g/mol. The van der Waals surface area contributed by atoms with Crippen LogP contribution >= 0.6 is 0 Å². The molecule has 0 radical (unpaired) electrons. The first-order valence-electron chi connectivity index (χ1n) is 6.27. The molecular formula is C14H19N3O. The number of nitrogens with zero attached hydrogens (tertiary/aromatic N) is 2. The molecule has 2 N–H and O–H groups in total. The molecule has 2 rings (SSSR count). The van der Waals surface area contributed by atoms with Crippen molar-refractivity contribution in [1.82, 2.24) is 9.55 Å². The first-order valence-corrected chi connectivity index (χ1v) is 6.27. The fourth-order valence-corrected chi connectivity index (χ4v) is 1.76. The van der Waals surface area contributed by atoms with Crippen molar-refractivity contribution < 1.29 is 4.74 Å². The minimum Gasteiger partial charge on any atom is -0.494 e. The third kappa shape index (κ3) is 3.89. The summed E-state index contributed by atoms with van der Waals surface area (Å²) in [6.07, 6.45) is 5.71. The lowest BCUT2D eigenvalue weighted by atomic mass is 10.3. The molecule has 0 saturated carbocycles. The molecule has 0 aliphatic rings. The normalized spacial score (nSPS) is 10.5. The third-order valence-electron chi connectivity index (χ3n) is 2.66. The summed E-state index contributed by atoms with van der Waals surface area (Å²) in [5.41, 5.74) is 6.54. The van der Waals surface area contributed by atoms with Gasteiger partial charge in [-0.05, 0) is 25.1 Å². The summed E-state index contributed by atoms with van der Waals surface area (Å²) in [6.45, 7) is 2.28. The van der Waals surface area contributed by atoms with E-state index in [2.05, 4.69) is 15.7 Å². The summed E-state index contributed by atoms with van der Waals surface area (Å²) in [5.74, 6) is 0.923. The number of aromatic nitrogens is 2. The Morgan fingerprint density at radius 1 is 1.22 bits per heavy atom. The van der Waals surface area contributed by atoms with Crippen LogP contribution in [0.2, 0.25) is 0 Å². The van der Waals surface area contributed by atoms with E-state index in [-0.39, 0.29) is 0 Å². The number of rotatable bonds is 7. The molecule has 4 heteroatoms. The summed E-state index contributed by atoms with van der Waals surface area (Å²) < 4.78 is 7.71. The predicted octanol–water partition coefficient (Wildman–Crippen LogP) is 1.85. The van der Waals surface area contributed by atoms with Gasteiger partial charge >= 0.3 is 0 Å². The Morgan fingerprint density at radius 3 is 2.83 bits per heavy atom. The maximum Gasteiger partial charge on any atom is 0.119 e. The second-order valence-electron chi connectivity index (χ2n) is 4.16. The van der Waals surface area contributed by atoms with Gasteiger partial charge in [-0.2, -0.15) is 0 Å². The molecule has 18 heavy (non-hydrogen) atoms. The molecule has 0 spiro atoms. The van der Waals surface area contributed by atoms with Crippen molar-refractivity contribution in [2.45, 2.75) is 19.4 Å². The van der Waals surface area contributed by atoms with E-state index in [9.17, 15) is 0 Å². The van der Waals surface area contributed by atoms with E-state index in [1.165, 1.54) is 0 Å². The molecule has 1 heterocycles. The number of hydrogen-bond donors (Lipinski definition) is 1. The molecule has 96 valence electrons. The van der Waals surface area contributed by atoms with Crippen LogP contribution in [-0.2, 0) is 13.0 Å². The van der Waals surface area contributed by atoms with E-state index < -0.39 is 0 Å². The topological polar surface area (TPSA) is 53.1 Å². The van der Waals surface area contributed by atoms with Gasteiger partial charge in [-0.25, -0.2) is 4.98 Å². The Hall–Kier alpha value is -1.81. The van der Waals surface area contributed by atoms with Crippen molar-refractivity contribution in [1.29, 1.82) is 0 Å². The van der Waals surface area contributed by atoms with Crippen LogP contribution in [0.15, 0.2) is 42.9 Å². The van der Waals surface area contributed by atoms with Crippen LogP contribution in [0.4, 0.5) is 0 Å². The van der Waals surface area contributed by atoms with Crippen molar-refractivity contribution in [3.05, 3.63) is 48.5 Å². The first-order chi connectivity index (χ1) is 8.88. The molecule has 1 aromatic heterocycles. The fourth-order valence-electron chi connectivity index (χ4n) is 1.76. The van der Waals surface area contributed by atoms with Gasteiger partial charge in [-0.15, -0.1) is 0 Å². The second-order valence-corrected chi connectivity index (χ2v) is 4.16. The van der Waals surface area contributed by atoms with E-state index in [4.69, 9.17) is 10.5 Å². The van der Waals surface area contributed by atoms with Gasteiger partial charge in [-0.3, -0.25) is 0 Å². The SMILES string of the molecule is NCCc1cn(CCCOc2ccccc2)cn1. The first kappa shape index (κ1) is 12.6. The maximum absolute atomic E-state index is 5.63. The summed E-state index contributed by atoms with van der Waals surface area (Å²) in [7, 11) is 0.